The number of esters is 1. The van der Waals surface area contributed by atoms with Crippen molar-refractivity contribution in [2.24, 2.45) is 0 Å². The van der Waals surface area contributed by atoms with Crippen LogP contribution in [0.25, 0.3) is 0 Å². The molecule has 15 heavy (non-hydrogen) atoms. The van der Waals surface area contributed by atoms with Gasteiger partial charge in [-0.25, -0.2) is 4.79 Å². The van der Waals surface area contributed by atoms with Crippen LogP contribution in [0.15, 0.2) is 11.5 Å². The Morgan fingerprint density at radius 2 is 2.07 bits per heavy atom. The van der Waals surface area contributed by atoms with Gasteiger partial charge in [-0.05, 0) is 13.8 Å². The highest BCUT2D eigenvalue weighted by Gasteiger charge is 2.34. The Bertz CT molecular complexity index is 274. The number of allylic oxidation sites excluding steroid dienone is 2. The SMILES string of the molecule is CC.CC1=C(C)N2CCNCC2C(=O)O1. The molecule has 2 heterocycles. The lowest BCUT2D eigenvalue weighted by Gasteiger charge is -2.40. The van der Waals surface area contributed by atoms with Crippen LogP contribution in [0.2, 0.25) is 0 Å². The van der Waals surface area contributed by atoms with Crippen molar-refractivity contribution >= 4 is 5.97 Å². The zero-order chi connectivity index (χ0) is 11.4. The van der Waals surface area contributed by atoms with E-state index in [0.717, 1.165) is 24.5 Å². The van der Waals surface area contributed by atoms with Crippen molar-refractivity contribution in [2.75, 3.05) is 19.6 Å². The normalized spacial score (nSPS) is 25.2. The molecule has 0 aromatic rings. The number of ether oxygens (including phenoxy) is 1. The zero-order valence-corrected chi connectivity index (χ0v) is 9.96. The molecule has 0 aromatic heterocycles. The van der Waals surface area contributed by atoms with Crippen LogP contribution in [0, 0.1) is 0 Å². The average molecular weight is 212 g/mol. The summed E-state index contributed by atoms with van der Waals surface area (Å²) in [4.78, 5) is 13.6. The molecule has 1 fully saturated rings. The summed E-state index contributed by atoms with van der Waals surface area (Å²) in [7, 11) is 0. The number of nitrogens with zero attached hydrogens (tertiary/aromatic N) is 1. The van der Waals surface area contributed by atoms with Gasteiger partial charge in [0.1, 0.15) is 11.8 Å². The van der Waals surface area contributed by atoms with Crippen LogP contribution in [0.1, 0.15) is 27.7 Å². The topological polar surface area (TPSA) is 41.6 Å². The number of piperazine rings is 1. The summed E-state index contributed by atoms with van der Waals surface area (Å²) < 4.78 is 5.13. The van der Waals surface area contributed by atoms with Crippen LogP contribution in [-0.2, 0) is 9.53 Å². The highest BCUT2D eigenvalue weighted by atomic mass is 16.5. The van der Waals surface area contributed by atoms with E-state index in [1.165, 1.54) is 0 Å². The van der Waals surface area contributed by atoms with E-state index < -0.39 is 0 Å². The Labute approximate surface area is 91.3 Å². The molecule has 1 atom stereocenters. The summed E-state index contributed by atoms with van der Waals surface area (Å²) in [5.41, 5.74) is 1.09. The van der Waals surface area contributed by atoms with Gasteiger partial charge in [0.25, 0.3) is 0 Å². The molecule has 0 spiro atoms. The molecule has 2 aliphatic heterocycles. The summed E-state index contributed by atoms with van der Waals surface area (Å²) in [5.74, 6) is 0.610. The van der Waals surface area contributed by atoms with Crippen molar-refractivity contribution in [3.05, 3.63) is 11.5 Å². The standard InChI is InChI=1S/C9H14N2O2.C2H6/c1-6-7(2)13-9(12)8-5-10-3-4-11(6)8;1-2/h8,10H,3-5H2,1-2H3;1-2H3. The molecule has 0 saturated carbocycles. The predicted molar refractivity (Wildman–Crippen MR) is 59.2 cm³/mol. The van der Waals surface area contributed by atoms with Gasteiger partial charge in [0.2, 0.25) is 0 Å². The average Bonchev–Trinajstić information content (AvgIpc) is 2.29. The van der Waals surface area contributed by atoms with E-state index >= 15 is 0 Å². The number of cyclic esters (lactones) is 1. The smallest absolute Gasteiger partial charge is 0.335 e. The summed E-state index contributed by atoms with van der Waals surface area (Å²) in [6.07, 6.45) is 0. The molecule has 4 heteroatoms. The highest BCUT2D eigenvalue weighted by Crippen LogP contribution is 2.22. The Hall–Kier alpha value is -1.03. The van der Waals surface area contributed by atoms with E-state index in [0.29, 0.717) is 6.54 Å². The monoisotopic (exact) mass is 212 g/mol. The number of hydrogen-bond donors (Lipinski definition) is 1. The lowest BCUT2D eigenvalue weighted by atomic mass is 10.1. The van der Waals surface area contributed by atoms with Gasteiger partial charge in [0, 0.05) is 25.3 Å². The van der Waals surface area contributed by atoms with Gasteiger partial charge in [-0.2, -0.15) is 0 Å². The maximum absolute atomic E-state index is 11.4. The third-order valence-corrected chi connectivity index (χ3v) is 2.71. The van der Waals surface area contributed by atoms with E-state index in [1.807, 2.05) is 27.7 Å². The first-order valence-electron chi connectivity index (χ1n) is 5.56. The first kappa shape index (κ1) is 12.0. The van der Waals surface area contributed by atoms with Crippen molar-refractivity contribution in [1.82, 2.24) is 10.2 Å². The Balaban J connectivity index is 0.000000531. The first-order chi connectivity index (χ1) is 7.20. The quantitative estimate of drug-likeness (QED) is 0.610. The summed E-state index contributed by atoms with van der Waals surface area (Å²) in [5, 5.41) is 3.18. The van der Waals surface area contributed by atoms with Gasteiger partial charge in [-0.15, -0.1) is 0 Å². The molecule has 0 aromatic carbocycles. The fraction of sp³-hybridized carbons (Fsp3) is 0.727. The van der Waals surface area contributed by atoms with E-state index in [-0.39, 0.29) is 12.0 Å². The van der Waals surface area contributed by atoms with Crippen LogP contribution < -0.4 is 5.32 Å². The van der Waals surface area contributed by atoms with Gasteiger partial charge in [0.05, 0.1) is 0 Å². The van der Waals surface area contributed by atoms with Gasteiger partial charge >= 0.3 is 5.97 Å². The van der Waals surface area contributed by atoms with Crippen LogP contribution in [0.4, 0.5) is 0 Å². The van der Waals surface area contributed by atoms with Crippen LogP contribution in [0.5, 0.6) is 0 Å². The predicted octanol–water partition coefficient (Wildman–Crippen LogP) is 1.09. The van der Waals surface area contributed by atoms with E-state index in [2.05, 4.69) is 10.2 Å². The molecule has 1 N–H and O–H groups in total. The second kappa shape index (κ2) is 5.16. The number of fused-ring (bicyclic) bond motifs is 1. The molecule has 4 nitrogen and oxygen atoms in total. The van der Waals surface area contributed by atoms with Crippen LogP contribution in [-0.4, -0.2) is 36.5 Å². The molecular formula is C11H20N2O2. The zero-order valence-electron chi connectivity index (χ0n) is 9.96. The molecule has 0 radical (unpaired) electrons. The fourth-order valence-corrected chi connectivity index (χ4v) is 1.81. The van der Waals surface area contributed by atoms with Crippen molar-refractivity contribution < 1.29 is 9.53 Å². The van der Waals surface area contributed by atoms with E-state index in [1.54, 1.807) is 0 Å². The summed E-state index contributed by atoms with van der Waals surface area (Å²) in [6.45, 7) is 10.4. The minimum absolute atomic E-state index is 0.113. The van der Waals surface area contributed by atoms with Crippen molar-refractivity contribution in [1.29, 1.82) is 0 Å². The number of rotatable bonds is 0. The highest BCUT2D eigenvalue weighted by molar-refractivity contribution is 5.78. The molecule has 1 unspecified atom stereocenters. The molecule has 2 rings (SSSR count). The van der Waals surface area contributed by atoms with Gasteiger partial charge in [0.15, 0.2) is 0 Å². The largest absolute Gasteiger partial charge is 0.428 e. The lowest BCUT2D eigenvalue weighted by Crippen LogP contribution is -2.56. The number of carbonyl (C=O) groups excluding carboxylic acids is 1. The second-order valence-electron chi connectivity index (χ2n) is 3.48. The van der Waals surface area contributed by atoms with Crippen LogP contribution in [0.3, 0.4) is 0 Å². The Morgan fingerprint density at radius 1 is 1.40 bits per heavy atom. The maximum atomic E-state index is 11.4. The third-order valence-electron chi connectivity index (χ3n) is 2.71. The lowest BCUT2D eigenvalue weighted by molar-refractivity contribution is -0.148. The summed E-state index contributed by atoms with van der Waals surface area (Å²) >= 11 is 0. The minimum atomic E-state index is -0.129. The Morgan fingerprint density at radius 3 is 2.73 bits per heavy atom. The van der Waals surface area contributed by atoms with Gasteiger partial charge in [-0.3, -0.25) is 0 Å². The van der Waals surface area contributed by atoms with Crippen molar-refractivity contribution in [3.8, 4) is 0 Å². The first-order valence-corrected chi connectivity index (χ1v) is 5.56. The van der Waals surface area contributed by atoms with Crippen molar-refractivity contribution in [3.63, 3.8) is 0 Å². The number of carbonyl (C=O) groups is 1. The maximum Gasteiger partial charge on any atom is 0.335 e. The van der Waals surface area contributed by atoms with Crippen molar-refractivity contribution in [2.45, 2.75) is 33.7 Å². The molecule has 0 bridgehead atoms. The molecule has 0 amide bonds. The van der Waals surface area contributed by atoms with Gasteiger partial charge in [-0.1, -0.05) is 13.8 Å². The molecular weight excluding hydrogens is 192 g/mol. The molecule has 86 valence electrons. The third kappa shape index (κ3) is 2.31. The molecule has 2 aliphatic rings. The fourth-order valence-electron chi connectivity index (χ4n) is 1.81. The minimum Gasteiger partial charge on any atom is -0.428 e. The van der Waals surface area contributed by atoms with E-state index in [4.69, 9.17) is 4.74 Å². The summed E-state index contributed by atoms with van der Waals surface area (Å²) in [6, 6.07) is -0.113. The second-order valence-corrected chi connectivity index (χ2v) is 3.48. The Kier molecular flexibility index (Phi) is 4.15. The molecule has 1 saturated heterocycles. The molecule has 0 aliphatic carbocycles. The van der Waals surface area contributed by atoms with E-state index in [9.17, 15) is 4.79 Å². The number of hydrogen-bond acceptors (Lipinski definition) is 4. The van der Waals surface area contributed by atoms with Crippen LogP contribution >= 0.6 is 0 Å². The number of nitrogens with one attached hydrogen (secondary N) is 1. The van der Waals surface area contributed by atoms with Gasteiger partial charge < -0.3 is 15.0 Å².